The third kappa shape index (κ3) is 5.37. The highest BCUT2D eigenvalue weighted by Crippen LogP contribution is 2.21. The molecular weight excluding hydrogens is 348 g/mol. The number of nitrogens with one attached hydrogen (secondary N) is 1. The number of hydrogen-bond acceptors (Lipinski definition) is 5. The Balaban J connectivity index is 1.96. The molecule has 0 unspecified atom stereocenters. The van der Waals surface area contributed by atoms with Crippen molar-refractivity contribution in [3.63, 3.8) is 0 Å². The summed E-state index contributed by atoms with van der Waals surface area (Å²) in [5, 5.41) is 2.47. The van der Waals surface area contributed by atoms with Crippen LogP contribution >= 0.6 is 0 Å². The Kier molecular flexibility index (Phi) is 6.37. The lowest BCUT2D eigenvalue weighted by atomic mass is 10.1. The molecule has 0 atom stereocenters. The van der Waals surface area contributed by atoms with Gasteiger partial charge in [0.1, 0.15) is 11.3 Å². The van der Waals surface area contributed by atoms with Gasteiger partial charge in [-0.25, -0.2) is 4.79 Å². The van der Waals surface area contributed by atoms with Gasteiger partial charge < -0.3 is 14.8 Å². The van der Waals surface area contributed by atoms with Crippen LogP contribution in [-0.4, -0.2) is 30.9 Å². The number of carbonyl (C=O) groups excluding carboxylic acids is 3. The van der Waals surface area contributed by atoms with Crippen molar-refractivity contribution in [2.75, 3.05) is 11.9 Å². The Morgan fingerprint density at radius 2 is 1.81 bits per heavy atom. The van der Waals surface area contributed by atoms with E-state index >= 15 is 0 Å². The summed E-state index contributed by atoms with van der Waals surface area (Å²) in [6.45, 7) is -2.34. The molecule has 0 aromatic heterocycles. The van der Waals surface area contributed by atoms with Crippen molar-refractivity contribution in [3.8, 4) is 5.75 Å². The number of hydrogen-bond donors (Lipinski definition) is 1. The fourth-order valence-electron chi connectivity index (χ4n) is 2.06. The first-order valence-corrected chi connectivity index (χ1v) is 7.48. The summed E-state index contributed by atoms with van der Waals surface area (Å²) in [6.07, 6.45) is 0. The van der Waals surface area contributed by atoms with E-state index in [0.29, 0.717) is 11.3 Å². The molecule has 1 amide bonds. The van der Waals surface area contributed by atoms with Crippen LogP contribution in [0.4, 0.5) is 14.5 Å². The Morgan fingerprint density at radius 3 is 2.50 bits per heavy atom. The lowest BCUT2D eigenvalue weighted by molar-refractivity contribution is -0.119. The number of amides is 1. The monoisotopic (exact) mass is 363 g/mol. The van der Waals surface area contributed by atoms with Gasteiger partial charge in [0, 0.05) is 11.3 Å². The molecule has 0 bridgehead atoms. The van der Waals surface area contributed by atoms with E-state index in [1.165, 1.54) is 37.3 Å². The standard InChI is InChI=1S/C18H15F2NO5/c1-11(22)12-5-4-6-13(9-12)21-16(23)10-25-17(24)14-7-2-3-8-15(14)26-18(19)20/h2-9,18H,10H2,1H3,(H,21,23). The maximum absolute atomic E-state index is 12.3. The van der Waals surface area contributed by atoms with Gasteiger partial charge in [0.15, 0.2) is 12.4 Å². The van der Waals surface area contributed by atoms with E-state index in [9.17, 15) is 23.2 Å². The Bertz CT molecular complexity index is 823. The van der Waals surface area contributed by atoms with Crippen molar-refractivity contribution < 1.29 is 32.6 Å². The minimum absolute atomic E-state index is 0.164. The van der Waals surface area contributed by atoms with Gasteiger partial charge in [-0.05, 0) is 31.2 Å². The molecule has 1 N–H and O–H groups in total. The van der Waals surface area contributed by atoms with Crippen LogP contribution in [0.25, 0.3) is 0 Å². The lowest BCUT2D eigenvalue weighted by Gasteiger charge is -2.10. The van der Waals surface area contributed by atoms with E-state index in [0.717, 1.165) is 0 Å². The summed E-state index contributed by atoms with van der Waals surface area (Å²) in [5.41, 5.74) is 0.553. The number of alkyl halides is 2. The molecule has 0 aliphatic carbocycles. The van der Waals surface area contributed by atoms with Crippen LogP contribution in [0.3, 0.4) is 0 Å². The molecule has 2 aromatic rings. The van der Waals surface area contributed by atoms with Gasteiger partial charge in [0.05, 0.1) is 0 Å². The quantitative estimate of drug-likeness (QED) is 0.603. The van der Waals surface area contributed by atoms with Crippen LogP contribution in [0.1, 0.15) is 27.6 Å². The molecule has 26 heavy (non-hydrogen) atoms. The number of rotatable bonds is 7. The van der Waals surface area contributed by atoms with Crippen molar-refractivity contribution in [1.29, 1.82) is 0 Å². The van der Waals surface area contributed by atoms with Crippen LogP contribution in [0, 0.1) is 0 Å². The van der Waals surface area contributed by atoms with Crippen LogP contribution in [0.2, 0.25) is 0 Å². The first kappa shape index (κ1) is 19.0. The Morgan fingerprint density at radius 1 is 1.08 bits per heavy atom. The molecule has 0 heterocycles. The minimum Gasteiger partial charge on any atom is -0.452 e. The highest BCUT2D eigenvalue weighted by atomic mass is 19.3. The number of ether oxygens (including phenoxy) is 2. The maximum Gasteiger partial charge on any atom is 0.387 e. The van der Waals surface area contributed by atoms with E-state index in [4.69, 9.17) is 4.74 Å². The third-order valence-electron chi connectivity index (χ3n) is 3.21. The largest absolute Gasteiger partial charge is 0.452 e. The summed E-state index contributed by atoms with van der Waals surface area (Å²) in [6, 6.07) is 11.5. The van der Waals surface area contributed by atoms with E-state index in [-0.39, 0.29) is 17.1 Å². The summed E-state index contributed by atoms with van der Waals surface area (Å²) in [4.78, 5) is 35.2. The van der Waals surface area contributed by atoms with Gasteiger partial charge in [-0.2, -0.15) is 8.78 Å². The zero-order valence-electron chi connectivity index (χ0n) is 13.7. The molecule has 2 rings (SSSR count). The number of halogens is 2. The number of carbonyl (C=O) groups is 3. The summed E-state index contributed by atoms with van der Waals surface area (Å²) in [5.74, 6) is -2.13. The molecule has 0 saturated carbocycles. The smallest absolute Gasteiger partial charge is 0.387 e. The molecule has 0 fully saturated rings. The molecule has 136 valence electrons. The molecule has 0 aliphatic heterocycles. The first-order valence-electron chi connectivity index (χ1n) is 7.48. The number of ketones is 1. The summed E-state index contributed by atoms with van der Waals surface area (Å²) >= 11 is 0. The molecule has 8 heteroatoms. The topological polar surface area (TPSA) is 81.7 Å². The SMILES string of the molecule is CC(=O)c1cccc(NC(=O)COC(=O)c2ccccc2OC(F)F)c1. The summed E-state index contributed by atoms with van der Waals surface area (Å²) in [7, 11) is 0. The van der Waals surface area contributed by atoms with Crippen LogP contribution < -0.4 is 10.1 Å². The van der Waals surface area contributed by atoms with Gasteiger partial charge in [0.2, 0.25) is 0 Å². The van der Waals surface area contributed by atoms with Crippen molar-refractivity contribution in [3.05, 3.63) is 59.7 Å². The Labute approximate surface area is 147 Å². The zero-order valence-corrected chi connectivity index (χ0v) is 13.7. The molecule has 6 nitrogen and oxygen atoms in total. The van der Waals surface area contributed by atoms with Gasteiger partial charge in [-0.1, -0.05) is 24.3 Å². The highest BCUT2D eigenvalue weighted by molar-refractivity contribution is 5.98. The van der Waals surface area contributed by atoms with Crippen molar-refractivity contribution in [2.24, 2.45) is 0 Å². The average molecular weight is 363 g/mol. The molecule has 0 spiro atoms. The zero-order chi connectivity index (χ0) is 19.1. The Hall–Kier alpha value is -3.29. The van der Waals surface area contributed by atoms with Gasteiger partial charge in [0.25, 0.3) is 5.91 Å². The number of para-hydroxylation sites is 1. The van der Waals surface area contributed by atoms with Crippen LogP contribution in [0.5, 0.6) is 5.75 Å². The number of Topliss-reactive ketones (excluding diaryl/α,β-unsaturated/α-hetero) is 1. The van der Waals surface area contributed by atoms with Gasteiger partial charge >= 0.3 is 12.6 Å². The second-order valence-corrected chi connectivity index (χ2v) is 5.14. The van der Waals surface area contributed by atoms with E-state index in [2.05, 4.69) is 10.1 Å². The molecule has 0 radical (unpaired) electrons. The molecule has 0 aliphatic rings. The minimum atomic E-state index is -3.10. The van der Waals surface area contributed by atoms with E-state index in [1.807, 2.05) is 0 Å². The average Bonchev–Trinajstić information content (AvgIpc) is 2.60. The van der Waals surface area contributed by atoms with Crippen molar-refractivity contribution in [1.82, 2.24) is 0 Å². The molecule has 0 saturated heterocycles. The van der Waals surface area contributed by atoms with E-state index < -0.39 is 25.1 Å². The second-order valence-electron chi connectivity index (χ2n) is 5.14. The maximum atomic E-state index is 12.3. The normalized spacial score (nSPS) is 10.3. The predicted molar refractivity (Wildman–Crippen MR) is 88.4 cm³/mol. The first-order chi connectivity index (χ1) is 12.4. The summed E-state index contributed by atoms with van der Waals surface area (Å²) < 4.78 is 33.8. The predicted octanol–water partition coefficient (Wildman–Crippen LogP) is 3.29. The van der Waals surface area contributed by atoms with Crippen molar-refractivity contribution >= 4 is 23.3 Å². The second kappa shape index (κ2) is 8.70. The van der Waals surface area contributed by atoms with Gasteiger partial charge in [-0.3, -0.25) is 9.59 Å². The van der Waals surface area contributed by atoms with Gasteiger partial charge in [-0.15, -0.1) is 0 Å². The fraction of sp³-hybridized carbons (Fsp3) is 0.167. The highest BCUT2D eigenvalue weighted by Gasteiger charge is 2.17. The van der Waals surface area contributed by atoms with Crippen LogP contribution in [0.15, 0.2) is 48.5 Å². The number of anilines is 1. The van der Waals surface area contributed by atoms with E-state index in [1.54, 1.807) is 18.2 Å². The number of esters is 1. The molecule has 2 aromatic carbocycles. The number of benzene rings is 2. The van der Waals surface area contributed by atoms with Crippen LogP contribution in [-0.2, 0) is 9.53 Å². The third-order valence-corrected chi connectivity index (χ3v) is 3.21. The molecular formula is C18H15F2NO5. The lowest BCUT2D eigenvalue weighted by Crippen LogP contribution is -2.21. The fourth-order valence-corrected chi connectivity index (χ4v) is 2.06. The van der Waals surface area contributed by atoms with Crippen molar-refractivity contribution in [2.45, 2.75) is 13.5 Å².